The molecule has 158 valence electrons. The number of benzene rings is 2. The molecule has 4 rings (SSSR count). The number of hydrazine groups is 1. The minimum Gasteiger partial charge on any atom is -0.508 e. The van der Waals surface area contributed by atoms with Crippen LogP contribution < -0.4 is 5.43 Å². The number of halogens is 1. The van der Waals surface area contributed by atoms with Gasteiger partial charge in [-0.1, -0.05) is 11.6 Å². The summed E-state index contributed by atoms with van der Waals surface area (Å²) in [6.45, 7) is 0. The summed E-state index contributed by atoms with van der Waals surface area (Å²) in [5.74, 6) is -1.92. The van der Waals surface area contributed by atoms with Crippen molar-refractivity contribution in [1.82, 2.24) is 10.4 Å². The number of allylic oxidation sites excluding steroid dienone is 1. The highest BCUT2D eigenvalue weighted by Gasteiger charge is 2.48. The third kappa shape index (κ3) is 3.34. The summed E-state index contributed by atoms with van der Waals surface area (Å²) in [7, 11) is 0. The molecule has 0 aliphatic carbocycles. The van der Waals surface area contributed by atoms with Crippen molar-refractivity contribution in [3.8, 4) is 17.2 Å². The number of aromatic hydroxyl groups is 3. The van der Waals surface area contributed by atoms with E-state index in [0.717, 1.165) is 23.2 Å². The summed E-state index contributed by atoms with van der Waals surface area (Å²) < 4.78 is 0. The molecule has 0 spiro atoms. The molecule has 1 atom stereocenters. The molecule has 2 heterocycles. The number of phenolic OH excluding ortho intramolecular Hbond substituents is 3. The maximum absolute atomic E-state index is 11.7. The van der Waals surface area contributed by atoms with Crippen molar-refractivity contribution in [2.45, 2.75) is 6.04 Å². The van der Waals surface area contributed by atoms with E-state index in [4.69, 9.17) is 11.6 Å². The van der Waals surface area contributed by atoms with Crippen LogP contribution in [0, 0.1) is 20.2 Å². The van der Waals surface area contributed by atoms with Crippen molar-refractivity contribution in [2.24, 2.45) is 4.99 Å². The Morgan fingerprint density at radius 1 is 1.03 bits per heavy atom. The molecule has 13 heteroatoms. The molecule has 0 bridgehead atoms. The highest BCUT2D eigenvalue weighted by molar-refractivity contribution is 6.30. The van der Waals surface area contributed by atoms with Gasteiger partial charge in [0.05, 0.1) is 21.5 Å². The van der Waals surface area contributed by atoms with Crippen molar-refractivity contribution >= 4 is 17.4 Å². The minimum atomic E-state index is -1.51. The molecule has 4 N–H and O–H groups in total. The van der Waals surface area contributed by atoms with Gasteiger partial charge in [0.1, 0.15) is 17.2 Å². The number of aliphatic imine (C=N–C) groups is 1. The second kappa shape index (κ2) is 7.18. The van der Waals surface area contributed by atoms with Gasteiger partial charge in [0.15, 0.2) is 11.9 Å². The first-order valence-corrected chi connectivity index (χ1v) is 8.95. The van der Waals surface area contributed by atoms with Crippen LogP contribution in [0.3, 0.4) is 0 Å². The van der Waals surface area contributed by atoms with E-state index in [1.54, 1.807) is 24.3 Å². The average molecular weight is 446 g/mol. The molecule has 0 fully saturated rings. The Kier molecular flexibility index (Phi) is 4.62. The van der Waals surface area contributed by atoms with Crippen molar-refractivity contribution < 1.29 is 25.2 Å². The number of phenols is 3. The zero-order valence-corrected chi connectivity index (χ0v) is 16.0. The molecule has 0 aromatic heterocycles. The first-order valence-electron chi connectivity index (χ1n) is 8.57. The molecular formula is C18H12ClN5O7. The zero-order valence-electron chi connectivity index (χ0n) is 15.3. The molecule has 0 saturated carbocycles. The Balaban J connectivity index is 1.92. The number of hydrogen-bond donors (Lipinski definition) is 4. The zero-order chi connectivity index (χ0) is 22.4. The fourth-order valence-electron chi connectivity index (χ4n) is 3.32. The van der Waals surface area contributed by atoms with Gasteiger partial charge in [-0.25, -0.2) is 10.0 Å². The standard InChI is InChI=1S/C18H12ClN5O7/c19-9-3-1-8(2-4-9)17-20-18-12(24(30)31)7-11(23(28)29)16(22(18)21-17)15-13(26)5-10(25)6-14(15)27/h1-7,16,25-27H,(H,20,21). The maximum atomic E-state index is 11.7. The Hall–Kier alpha value is -4.32. The largest absolute Gasteiger partial charge is 0.508 e. The van der Waals surface area contributed by atoms with Gasteiger partial charge in [0, 0.05) is 22.7 Å². The van der Waals surface area contributed by atoms with Crippen LogP contribution in [0.4, 0.5) is 0 Å². The van der Waals surface area contributed by atoms with Gasteiger partial charge < -0.3 is 15.3 Å². The van der Waals surface area contributed by atoms with Crippen LogP contribution >= 0.6 is 11.6 Å². The van der Waals surface area contributed by atoms with Crippen LogP contribution in [0.2, 0.25) is 5.02 Å². The molecular weight excluding hydrogens is 434 g/mol. The van der Waals surface area contributed by atoms with E-state index in [9.17, 15) is 35.5 Å². The van der Waals surface area contributed by atoms with Crippen molar-refractivity contribution in [3.63, 3.8) is 0 Å². The van der Waals surface area contributed by atoms with E-state index in [1.807, 2.05) is 0 Å². The highest BCUT2D eigenvalue weighted by Crippen LogP contribution is 2.46. The Morgan fingerprint density at radius 3 is 2.19 bits per heavy atom. The lowest BCUT2D eigenvalue weighted by atomic mass is 9.97. The van der Waals surface area contributed by atoms with E-state index < -0.39 is 44.5 Å². The van der Waals surface area contributed by atoms with Gasteiger partial charge in [0.25, 0.3) is 5.70 Å². The predicted octanol–water partition coefficient (Wildman–Crippen LogP) is 2.38. The molecule has 0 amide bonds. The third-order valence-electron chi connectivity index (χ3n) is 4.64. The van der Waals surface area contributed by atoms with Gasteiger partial charge in [0.2, 0.25) is 5.82 Å². The topological polar surface area (TPSA) is 175 Å². The van der Waals surface area contributed by atoms with E-state index >= 15 is 0 Å². The summed E-state index contributed by atoms with van der Waals surface area (Å²) in [5, 5.41) is 55.0. The normalized spacial score (nSPS) is 17.6. The van der Waals surface area contributed by atoms with E-state index in [1.165, 1.54) is 0 Å². The van der Waals surface area contributed by atoms with E-state index in [-0.39, 0.29) is 17.2 Å². The van der Waals surface area contributed by atoms with Crippen LogP contribution in [0.5, 0.6) is 17.2 Å². The lowest BCUT2D eigenvalue weighted by Crippen LogP contribution is -2.42. The highest BCUT2D eigenvalue weighted by atomic mass is 35.5. The van der Waals surface area contributed by atoms with Crippen LogP contribution in [0.1, 0.15) is 17.2 Å². The van der Waals surface area contributed by atoms with Crippen LogP contribution in [-0.4, -0.2) is 36.0 Å². The number of rotatable bonds is 4. The van der Waals surface area contributed by atoms with Gasteiger partial charge in [-0.15, -0.1) is 0 Å². The number of nitrogens with zero attached hydrogens (tertiary/aromatic N) is 4. The Morgan fingerprint density at radius 2 is 1.65 bits per heavy atom. The number of amidine groups is 1. The molecule has 1 unspecified atom stereocenters. The van der Waals surface area contributed by atoms with Crippen LogP contribution in [0.15, 0.2) is 64.7 Å². The second-order valence-corrected chi connectivity index (χ2v) is 6.98. The van der Waals surface area contributed by atoms with Crippen molar-refractivity contribution in [2.75, 3.05) is 0 Å². The molecule has 2 aromatic rings. The fraction of sp³-hybridized carbons (Fsp3) is 0.0556. The SMILES string of the molecule is O=[N+]([O-])C1=CC([N+](=O)[O-])=C2N=C(c3ccc(Cl)cc3)NN2C1c1c(O)cc(O)cc1O. The molecule has 12 nitrogen and oxygen atoms in total. The summed E-state index contributed by atoms with van der Waals surface area (Å²) in [6.07, 6.45) is 0.720. The van der Waals surface area contributed by atoms with Gasteiger partial charge >= 0.3 is 5.70 Å². The summed E-state index contributed by atoms with van der Waals surface area (Å²) in [5.41, 5.74) is 1.54. The van der Waals surface area contributed by atoms with Crippen molar-refractivity contribution in [3.05, 3.63) is 96.1 Å². The number of nitro groups is 2. The smallest absolute Gasteiger partial charge is 0.319 e. The minimum absolute atomic E-state index is 0.131. The number of hydrogen-bond acceptors (Lipinski definition) is 10. The second-order valence-electron chi connectivity index (χ2n) is 6.54. The van der Waals surface area contributed by atoms with Crippen LogP contribution in [0.25, 0.3) is 0 Å². The van der Waals surface area contributed by atoms with E-state index in [0.29, 0.717) is 10.6 Å². The Bertz CT molecular complexity index is 1200. The van der Waals surface area contributed by atoms with Gasteiger partial charge in [-0.3, -0.25) is 25.7 Å². The number of fused-ring (bicyclic) bond motifs is 1. The molecule has 2 aliphatic heterocycles. The molecule has 2 aromatic carbocycles. The molecule has 0 radical (unpaired) electrons. The lowest BCUT2D eigenvalue weighted by Gasteiger charge is -2.30. The first-order chi connectivity index (χ1) is 14.7. The average Bonchev–Trinajstić information content (AvgIpc) is 3.12. The van der Waals surface area contributed by atoms with Gasteiger partial charge in [-0.2, -0.15) is 0 Å². The summed E-state index contributed by atoms with van der Waals surface area (Å²) in [4.78, 5) is 25.8. The lowest BCUT2D eigenvalue weighted by molar-refractivity contribution is -0.445. The van der Waals surface area contributed by atoms with Crippen molar-refractivity contribution in [1.29, 1.82) is 0 Å². The van der Waals surface area contributed by atoms with E-state index in [2.05, 4.69) is 10.4 Å². The summed E-state index contributed by atoms with van der Waals surface area (Å²) in [6, 6.07) is 6.57. The molecule has 0 saturated heterocycles. The number of nitrogens with one attached hydrogen (secondary N) is 1. The van der Waals surface area contributed by atoms with Gasteiger partial charge in [-0.05, 0) is 24.3 Å². The quantitative estimate of drug-likeness (QED) is 0.406. The summed E-state index contributed by atoms with van der Waals surface area (Å²) >= 11 is 5.88. The predicted molar refractivity (Wildman–Crippen MR) is 106 cm³/mol. The fourth-order valence-corrected chi connectivity index (χ4v) is 3.45. The Labute approximate surface area is 177 Å². The molecule has 31 heavy (non-hydrogen) atoms. The monoisotopic (exact) mass is 445 g/mol. The first kappa shape index (κ1) is 20.0. The maximum Gasteiger partial charge on any atom is 0.319 e. The van der Waals surface area contributed by atoms with Crippen LogP contribution in [-0.2, 0) is 0 Å². The molecule has 2 aliphatic rings. The third-order valence-corrected chi connectivity index (χ3v) is 4.90.